The third kappa shape index (κ3) is 4.19. The molecular weight excluding hydrogens is 354 g/mol. The number of furan rings is 1. The monoisotopic (exact) mass is 379 g/mol. The molecule has 1 fully saturated rings. The van der Waals surface area contributed by atoms with Crippen molar-refractivity contribution in [1.82, 2.24) is 14.2 Å². The number of sulfonamides is 1. The number of nitrogens with zero attached hydrogens (tertiary/aromatic N) is 2. The lowest BCUT2D eigenvalue weighted by molar-refractivity contribution is 0.0702. The second kappa shape index (κ2) is 7.28. The highest BCUT2D eigenvalue weighted by molar-refractivity contribution is 7.88. The van der Waals surface area contributed by atoms with Crippen molar-refractivity contribution in [2.24, 2.45) is 0 Å². The highest BCUT2D eigenvalue weighted by Gasteiger charge is 2.28. The van der Waals surface area contributed by atoms with Crippen molar-refractivity contribution < 1.29 is 17.6 Å². The number of rotatable bonds is 5. The number of hydrogen-bond donors (Lipinski definition) is 1. The maximum atomic E-state index is 13.0. The highest BCUT2D eigenvalue weighted by Crippen LogP contribution is 2.21. The van der Waals surface area contributed by atoms with Crippen LogP contribution in [-0.4, -0.2) is 49.2 Å². The fourth-order valence-corrected chi connectivity index (χ4v) is 4.35. The Morgan fingerprint density at radius 3 is 2.81 bits per heavy atom. The number of piperidine rings is 1. The Morgan fingerprint density at radius 2 is 2.15 bits per heavy atom. The summed E-state index contributed by atoms with van der Waals surface area (Å²) >= 11 is 0. The van der Waals surface area contributed by atoms with Gasteiger partial charge >= 0.3 is 0 Å². The number of aromatic nitrogens is 1. The summed E-state index contributed by atoms with van der Waals surface area (Å²) in [5.74, 6) is 0.782. The van der Waals surface area contributed by atoms with Crippen LogP contribution in [0.4, 0.5) is 0 Å². The SMILES string of the molecule is Cc1cc(C(=O)N2CCC[C@H](NS(C)(=O)=O)C2)c(C)n1Cc1ccco1. The van der Waals surface area contributed by atoms with Gasteiger partial charge in [0.2, 0.25) is 10.0 Å². The van der Waals surface area contributed by atoms with Gasteiger partial charge in [-0.2, -0.15) is 0 Å². The molecule has 1 atom stereocenters. The minimum absolute atomic E-state index is 0.0520. The average molecular weight is 379 g/mol. The maximum absolute atomic E-state index is 13.0. The van der Waals surface area contributed by atoms with Crippen molar-refractivity contribution in [2.75, 3.05) is 19.3 Å². The van der Waals surface area contributed by atoms with Gasteiger partial charge in [0.15, 0.2) is 0 Å². The van der Waals surface area contributed by atoms with E-state index in [-0.39, 0.29) is 11.9 Å². The van der Waals surface area contributed by atoms with Crippen LogP contribution >= 0.6 is 0 Å². The molecular formula is C18H25N3O4S. The van der Waals surface area contributed by atoms with Crippen LogP contribution in [0.5, 0.6) is 0 Å². The molecule has 142 valence electrons. The number of amides is 1. The lowest BCUT2D eigenvalue weighted by Crippen LogP contribution is -2.49. The van der Waals surface area contributed by atoms with E-state index in [1.165, 1.54) is 0 Å². The van der Waals surface area contributed by atoms with Gasteiger partial charge in [0.1, 0.15) is 5.76 Å². The Bertz CT molecular complexity index is 884. The summed E-state index contributed by atoms with van der Waals surface area (Å²) in [5, 5.41) is 0. The normalized spacial score (nSPS) is 18.3. The molecule has 7 nitrogen and oxygen atoms in total. The van der Waals surface area contributed by atoms with Crippen LogP contribution in [0.1, 0.15) is 40.3 Å². The first kappa shape index (κ1) is 18.7. The molecule has 0 saturated carbocycles. The topological polar surface area (TPSA) is 84.5 Å². The average Bonchev–Trinajstić information content (AvgIpc) is 3.16. The van der Waals surface area contributed by atoms with E-state index in [9.17, 15) is 13.2 Å². The molecule has 1 aliphatic heterocycles. The van der Waals surface area contributed by atoms with E-state index < -0.39 is 10.0 Å². The Hall–Kier alpha value is -2.06. The van der Waals surface area contributed by atoms with Crippen LogP contribution in [0.15, 0.2) is 28.9 Å². The number of aryl methyl sites for hydroxylation is 1. The van der Waals surface area contributed by atoms with Crippen molar-refractivity contribution in [2.45, 2.75) is 39.3 Å². The van der Waals surface area contributed by atoms with Crippen LogP contribution in [0.2, 0.25) is 0 Å². The quantitative estimate of drug-likeness (QED) is 0.860. The molecule has 26 heavy (non-hydrogen) atoms. The molecule has 0 aliphatic carbocycles. The fraction of sp³-hybridized carbons (Fsp3) is 0.500. The third-order valence-corrected chi connectivity index (χ3v) is 5.55. The van der Waals surface area contributed by atoms with Gasteiger partial charge in [-0.25, -0.2) is 13.1 Å². The molecule has 3 rings (SSSR count). The van der Waals surface area contributed by atoms with E-state index in [1.54, 1.807) is 11.2 Å². The lowest BCUT2D eigenvalue weighted by atomic mass is 10.1. The minimum Gasteiger partial charge on any atom is -0.467 e. The summed E-state index contributed by atoms with van der Waals surface area (Å²) in [6.45, 7) is 5.52. The van der Waals surface area contributed by atoms with Gasteiger partial charge in [-0.3, -0.25) is 4.79 Å². The zero-order valence-electron chi connectivity index (χ0n) is 15.4. The number of carbonyl (C=O) groups is 1. The molecule has 0 radical (unpaired) electrons. The van der Waals surface area contributed by atoms with Crippen molar-refractivity contribution in [3.8, 4) is 0 Å². The molecule has 0 spiro atoms. The van der Waals surface area contributed by atoms with Gasteiger partial charge in [-0.15, -0.1) is 0 Å². The van der Waals surface area contributed by atoms with E-state index in [0.29, 0.717) is 25.2 Å². The summed E-state index contributed by atoms with van der Waals surface area (Å²) in [6, 6.07) is 5.42. The van der Waals surface area contributed by atoms with E-state index >= 15 is 0 Å². The Balaban J connectivity index is 1.77. The zero-order chi connectivity index (χ0) is 18.9. The summed E-state index contributed by atoms with van der Waals surface area (Å²) in [7, 11) is -3.28. The molecule has 2 aromatic rings. The number of carbonyl (C=O) groups excluding carboxylic acids is 1. The Kier molecular flexibility index (Phi) is 5.24. The largest absolute Gasteiger partial charge is 0.467 e. The van der Waals surface area contributed by atoms with Gasteiger partial charge in [0.25, 0.3) is 5.91 Å². The van der Waals surface area contributed by atoms with Crippen LogP contribution in [-0.2, 0) is 16.6 Å². The summed E-state index contributed by atoms with van der Waals surface area (Å²) in [4.78, 5) is 14.8. The molecule has 1 amide bonds. The molecule has 1 aliphatic rings. The van der Waals surface area contributed by atoms with Gasteiger partial charge in [0.05, 0.1) is 24.6 Å². The Labute approximate surface area is 154 Å². The first-order chi connectivity index (χ1) is 12.2. The molecule has 2 aromatic heterocycles. The predicted octanol–water partition coefficient (Wildman–Crippen LogP) is 1.90. The number of hydrogen-bond acceptors (Lipinski definition) is 4. The van der Waals surface area contributed by atoms with Crippen LogP contribution < -0.4 is 4.72 Å². The van der Waals surface area contributed by atoms with Gasteiger partial charge < -0.3 is 13.9 Å². The molecule has 1 N–H and O–H groups in total. The van der Waals surface area contributed by atoms with Crippen LogP contribution in [0.3, 0.4) is 0 Å². The summed E-state index contributed by atoms with van der Waals surface area (Å²) < 4.78 is 33.0. The van der Waals surface area contributed by atoms with Gasteiger partial charge in [-0.1, -0.05) is 0 Å². The summed E-state index contributed by atoms with van der Waals surface area (Å²) in [5.41, 5.74) is 2.54. The first-order valence-corrected chi connectivity index (χ1v) is 10.6. The molecule has 3 heterocycles. The number of nitrogens with one attached hydrogen (secondary N) is 1. The number of likely N-dealkylation sites (tertiary alicyclic amines) is 1. The van der Waals surface area contributed by atoms with Crippen molar-refractivity contribution in [3.05, 3.63) is 47.2 Å². The van der Waals surface area contributed by atoms with Crippen molar-refractivity contribution >= 4 is 15.9 Å². The Morgan fingerprint density at radius 1 is 1.38 bits per heavy atom. The molecule has 0 bridgehead atoms. The van der Waals surface area contributed by atoms with Crippen LogP contribution in [0, 0.1) is 13.8 Å². The van der Waals surface area contributed by atoms with Crippen molar-refractivity contribution in [3.63, 3.8) is 0 Å². The van der Waals surface area contributed by atoms with Gasteiger partial charge in [-0.05, 0) is 44.9 Å². The van der Waals surface area contributed by atoms with Crippen LogP contribution in [0.25, 0.3) is 0 Å². The fourth-order valence-electron chi connectivity index (χ4n) is 3.55. The highest BCUT2D eigenvalue weighted by atomic mass is 32.2. The molecule has 0 aromatic carbocycles. The molecule has 8 heteroatoms. The third-order valence-electron chi connectivity index (χ3n) is 4.79. The smallest absolute Gasteiger partial charge is 0.255 e. The maximum Gasteiger partial charge on any atom is 0.255 e. The second-order valence-electron chi connectivity index (χ2n) is 6.93. The first-order valence-electron chi connectivity index (χ1n) is 8.70. The molecule has 1 saturated heterocycles. The minimum atomic E-state index is -3.28. The zero-order valence-corrected chi connectivity index (χ0v) is 16.2. The van der Waals surface area contributed by atoms with E-state index in [4.69, 9.17) is 4.42 Å². The second-order valence-corrected chi connectivity index (χ2v) is 8.71. The van der Waals surface area contributed by atoms with Crippen molar-refractivity contribution in [1.29, 1.82) is 0 Å². The van der Waals surface area contributed by atoms with E-state index in [2.05, 4.69) is 9.29 Å². The van der Waals surface area contributed by atoms with Gasteiger partial charge in [0, 0.05) is 30.5 Å². The molecule has 0 unspecified atom stereocenters. The van der Waals surface area contributed by atoms with E-state index in [1.807, 2.05) is 32.0 Å². The summed E-state index contributed by atoms with van der Waals surface area (Å²) in [6.07, 6.45) is 4.31. The standard InChI is InChI=1S/C18H25N3O4S/c1-13-10-17(14(2)21(13)12-16-7-5-9-25-16)18(22)20-8-4-6-15(11-20)19-26(3,23)24/h5,7,9-10,15,19H,4,6,8,11-12H2,1-3H3/t15-/m0/s1. The predicted molar refractivity (Wildman–Crippen MR) is 98.6 cm³/mol. The van der Waals surface area contributed by atoms with E-state index in [0.717, 1.165) is 36.2 Å². The lowest BCUT2D eigenvalue weighted by Gasteiger charge is -2.32.